The molecule has 0 atom stereocenters. The van der Waals surface area contributed by atoms with Crippen molar-refractivity contribution >= 4 is 55.5 Å². The Balaban J connectivity index is 1.71. The van der Waals surface area contributed by atoms with Gasteiger partial charge in [0.1, 0.15) is 0 Å². The summed E-state index contributed by atoms with van der Waals surface area (Å²) in [7, 11) is 0. The van der Waals surface area contributed by atoms with Gasteiger partial charge in [0.15, 0.2) is 0 Å². The van der Waals surface area contributed by atoms with Crippen LogP contribution in [-0.4, -0.2) is 21.3 Å². The number of nitrogens with one attached hydrogen (secondary N) is 1. The van der Waals surface area contributed by atoms with Crippen LogP contribution in [-0.2, 0) is 4.79 Å². The highest BCUT2D eigenvalue weighted by atomic mass is 32.1. The molecule has 0 aliphatic heterocycles. The maximum atomic E-state index is 10.9. The van der Waals surface area contributed by atoms with Crippen LogP contribution in [0.25, 0.3) is 38.2 Å². The molecule has 0 aliphatic carbocycles. The molecule has 5 aromatic rings. The second-order valence-electron chi connectivity index (χ2n) is 7.85. The fourth-order valence-corrected chi connectivity index (χ4v) is 4.99. The molecule has 4 nitrogen and oxygen atoms in total. The molecule has 2 heterocycles. The van der Waals surface area contributed by atoms with Crippen molar-refractivity contribution in [3.8, 4) is 0 Å². The van der Waals surface area contributed by atoms with Crippen LogP contribution < -0.4 is 0 Å². The van der Waals surface area contributed by atoms with Crippen molar-refractivity contribution in [1.29, 1.82) is 0 Å². The van der Waals surface area contributed by atoms with Gasteiger partial charge in [-0.3, -0.25) is 5.10 Å². The third kappa shape index (κ3) is 4.23. The van der Waals surface area contributed by atoms with Crippen LogP contribution in [0, 0.1) is 0 Å². The summed E-state index contributed by atoms with van der Waals surface area (Å²) in [4.78, 5) is 10.9. The van der Waals surface area contributed by atoms with Crippen LogP contribution in [0.1, 0.15) is 35.6 Å². The molecule has 0 unspecified atom stereocenters. The minimum atomic E-state index is -0.954. The van der Waals surface area contributed by atoms with Crippen molar-refractivity contribution < 1.29 is 9.90 Å². The maximum Gasteiger partial charge on any atom is 0.328 e. The van der Waals surface area contributed by atoms with E-state index in [1.807, 2.05) is 18.3 Å². The minimum absolute atomic E-state index is 0.850. The zero-order valence-electron chi connectivity index (χ0n) is 18.1. The molecule has 0 saturated heterocycles. The lowest BCUT2D eigenvalue weighted by Crippen LogP contribution is -1.95. The molecule has 0 fully saturated rings. The molecule has 33 heavy (non-hydrogen) atoms. The van der Waals surface area contributed by atoms with E-state index in [9.17, 15) is 4.79 Å². The fourth-order valence-electron chi connectivity index (χ4n) is 4.22. The van der Waals surface area contributed by atoms with E-state index in [-0.39, 0.29) is 0 Å². The van der Waals surface area contributed by atoms with E-state index in [1.54, 1.807) is 17.4 Å². The number of fused-ring (bicyclic) bond motifs is 2. The van der Waals surface area contributed by atoms with Crippen molar-refractivity contribution in [1.82, 2.24) is 10.2 Å². The van der Waals surface area contributed by atoms with E-state index in [4.69, 9.17) is 5.11 Å². The number of allylic oxidation sites excluding steroid dienone is 1. The topological polar surface area (TPSA) is 66.0 Å². The van der Waals surface area contributed by atoms with Crippen LogP contribution in [0.5, 0.6) is 0 Å². The lowest BCUT2D eigenvalue weighted by atomic mass is 9.87. The highest BCUT2D eigenvalue weighted by Gasteiger charge is 2.15. The van der Waals surface area contributed by atoms with Crippen LogP contribution in [0.15, 0.2) is 84.4 Å². The Kier molecular flexibility index (Phi) is 5.63. The first kappa shape index (κ1) is 20.9. The highest BCUT2D eigenvalue weighted by molar-refractivity contribution is 7.17. The van der Waals surface area contributed by atoms with Gasteiger partial charge in [0.2, 0.25) is 0 Å². The van der Waals surface area contributed by atoms with Gasteiger partial charge in [0, 0.05) is 16.2 Å². The molecule has 0 spiro atoms. The van der Waals surface area contributed by atoms with E-state index in [1.165, 1.54) is 26.8 Å². The number of thiophene rings is 1. The van der Waals surface area contributed by atoms with E-state index < -0.39 is 5.97 Å². The summed E-state index contributed by atoms with van der Waals surface area (Å²) in [5, 5.41) is 20.6. The van der Waals surface area contributed by atoms with Crippen molar-refractivity contribution in [3.05, 3.63) is 107 Å². The second-order valence-corrected chi connectivity index (χ2v) is 8.79. The monoisotopic (exact) mass is 450 g/mol. The first-order valence-electron chi connectivity index (χ1n) is 10.8. The number of carbonyl (C=O) groups is 1. The molecule has 0 bridgehead atoms. The SMILES string of the molecule is CC/C(=C(/c1ccc(/C=C/C(=O)O)cc1)c1ccc2[nH]ncc2c1)c1ccc2sccc2c1. The van der Waals surface area contributed by atoms with E-state index >= 15 is 0 Å². The van der Waals surface area contributed by atoms with Crippen LogP contribution >= 0.6 is 11.3 Å². The highest BCUT2D eigenvalue weighted by Crippen LogP contribution is 2.37. The number of aromatic amines is 1. The maximum absolute atomic E-state index is 10.9. The normalized spacial score (nSPS) is 12.5. The quantitative estimate of drug-likeness (QED) is 0.212. The molecule has 0 radical (unpaired) electrons. The number of benzene rings is 3. The molecule has 3 aromatic carbocycles. The molecule has 5 heteroatoms. The van der Waals surface area contributed by atoms with E-state index in [2.05, 4.69) is 77.1 Å². The Labute approximate surface area is 195 Å². The zero-order chi connectivity index (χ0) is 22.8. The van der Waals surface area contributed by atoms with Gasteiger partial charge in [-0.1, -0.05) is 43.3 Å². The summed E-state index contributed by atoms with van der Waals surface area (Å²) in [6, 6.07) is 23.3. The summed E-state index contributed by atoms with van der Waals surface area (Å²) in [5.41, 5.74) is 7.71. The molecule has 2 N–H and O–H groups in total. The second kappa shape index (κ2) is 8.88. The predicted octanol–water partition coefficient (Wildman–Crippen LogP) is 7.24. The minimum Gasteiger partial charge on any atom is -0.478 e. The predicted molar refractivity (Wildman–Crippen MR) is 137 cm³/mol. The number of nitrogens with zero attached hydrogens (tertiary/aromatic N) is 1. The number of rotatable bonds is 6. The average molecular weight is 451 g/mol. The van der Waals surface area contributed by atoms with Gasteiger partial charge in [-0.15, -0.1) is 11.3 Å². The lowest BCUT2D eigenvalue weighted by molar-refractivity contribution is -0.131. The van der Waals surface area contributed by atoms with Crippen LogP contribution in [0.2, 0.25) is 0 Å². The molecular formula is C28H22N2O2S. The third-order valence-electron chi connectivity index (χ3n) is 5.80. The largest absolute Gasteiger partial charge is 0.478 e. The number of carboxylic acid groups (broad SMARTS) is 1. The van der Waals surface area contributed by atoms with Gasteiger partial charge in [0.05, 0.1) is 11.7 Å². The van der Waals surface area contributed by atoms with Crippen LogP contribution in [0.3, 0.4) is 0 Å². The molecule has 0 aliphatic rings. The molecular weight excluding hydrogens is 428 g/mol. The van der Waals surface area contributed by atoms with E-state index in [0.29, 0.717) is 0 Å². The van der Waals surface area contributed by atoms with Crippen molar-refractivity contribution in [2.75, 3.05) is 0 Å². The van der Waals surface area contributed by atoms with Gasteiger partial charge >= 0.3 is 5.97 Å². The molecule has 5 rings (SSSR count). The van der Waals surface area contributed by atoms with Gasteiger partial charge in [-0.2, -0.15) is 5.10 Å². The Morgan fingerprint density at radius 2 is 1.73 bits per heavy atom. The number of hydrogen-bond donors (Lipinski definition) is 2. The summed E-state index contributed by atoms with van der Waals surface area (Å²) in [5.74, 6) is -0.954. The van der Waals surface area contributed by atoms with E-state index in [0.717, 1.165) is 40.1 Å². The Morgan fingerprint density at radius 3 is 2.52 bits per heavy atom. The number of H-pyrrole nitrogens is 1. The van der Waals surface area contributed by atoms with Gasteiger partial charge in [0.25, 0.3) is 0 Å². The van der Waals surface area contributed by atoms with Gasteiger partial charge in [-0.05, 0) is 87.0 Å². The number of aromatic nitrogens is 2. The molecule has 0 saturated carbocycles. The van der Waals surface area contributed by atoms with Gasteiger partial charge < -0.3 is 5.11 Å². The number of hydrogen-bond acceptors (Lipinski definition) is 3. The zero-order valence-corrected chi connectivity index (χ0v) is 18.9. The fraction of sp³-hybridized carbons (Fsp3) is 0.0714. The first-order valence-corrected chi connectivity index (χ1v) is 11.7. The van der Waals surface area contributed by atoms with Crippen molar-refractivity contribution in [2.45, 2.75) is 13.3 Å². The Bertz CT molecular complexity index is 1520. The smallest absolute Gasteiger partial charge is 0.328 e. The summed E-state index contributed by atoms with van der Waals surface area (Å²) >= 11 is 1.75. The molecule has 162 valence electrons. The summed E-state index contributed by atoms with van der Waals surface area (Å²) in [6.07, 6.45) is 5.48. The van der Waals surface area contributed by atoms with Gasteiger partial charge in [-0.25, -0.2) is 4.79 Å². The Morgan fingerprint density at radius 1 is 0.970 bits per heavy atom. The first-order chi connectivity index (χ1) is 16.1. The summed E-state index contributed by atoms with van der Waals surface area (Å²) < 4.78 is 1.28. The standard InChI is InChI=1S/C28H22N2O2S/c1-2-24(20-9-11-26-21(15-20)13-14-33-26)28(22-8-10-25-23(16-22)17-29-30-25)19-6-3-18(4-7-19)5-12-27(31)32/h3-17H,2H2,1H3,(H,29,30)(H,31,32)/b12-5+,28-24+. The molecule has 2 aromatic heterocycles. The Hall–Kier alpha value is -3.96. The number of carboxylic acids is 1. The molecule has 0 amide bonds. The van der Waals surface area contributed by atoms with Crippen molar-refractivity contribution in [3.63, 3.8) is 0 Å². The summed E-state index contributed by atoms with van der Waals surface area (Å²) in [6.45, 7) is 2.19. The number of aliphatic carboxylic acids is 1. The van der Waals surface area contributed by atoms with Crippen molar-refractivity contribution in [2.24, 2.45) is 0 Å². The lowest BCUT2D eigenvalue weighted by Gasteiger charge is -2.17. The average Bonchev–Trinajstić information content (AvgIpc) is 3.50. The van der Waals surface area contributed by atoms with Crippen LogP contribution in [0.4, 0.5) is 0 Å². The third-order valence-corrected chi connectivity index (χ3v) is 6.70.